The number of nitrogens with zero attached hydrogens (tertiary/aromatic N) is 3. The number of hydrogen-bond donors (Lipinski definition) is 1. The first-order chi connectivity index (χ1) is 16.6. The zero-order valence-electron chi connectivity index (χ0n) is 23.4. The Morgan fingerprint density at radius 1 is 1.11 bits per heavy atom. The van der Waals surface area contributed by atoms with E-state index in [1.807, 2.05) is 27.7 Å². The van der Waals surface area contributed by atoms with E-state index >= 15 is 0 Å². The largest absolute Gasteiger partial charge is 0.382 e. The van der Waals surface area contributed by atoms with Gasteiger partial charge in [-0.15, -0.1) is 0 Å². The molecule has 0 bridgehead atoms. The van der Waals surface area contributed by atoms with Crippen molar-refractivity contribution in [2.75, 3.05) is 48.5 Å². The quantitative estimate of drug-likeness (QED) is 0.255. The Kier molecular flexibility index (Phi) is 16.8. The number of methoxy groups -OCH3 is 1. The average molecular weight is 523 g/mol. The molecule has 1 aliphatic rings. The fourth-order valence-corrected chi connectivity index (χ4v) is 4.19. The van der Waals surface area contributed by atoms with Crippen LogP contribution in [0.25, 0.3) is 0 Å². The summed E-state index contributed by atoms with van der Waals surface area (Å²) in [6.07, 6.45) is 3.01. The molecule has 1 aromatic heterocycles. The second-order valence-electron chi connectivity index (χ2n) is 8.92. The number of aryl methyl sites for hydroxylation is 1. The number of rotatable bonds is 12. The Labute approximate surface area is 212 Å². The molecule has 0 radical (unpaired) electrons. The average Bonchev–Trinajstić information content (AvgIpc) is 3.22. The molecule has 4 atom stereocenters. The minimum atomic E-state index is -2.04. The summed E-state index contributed by atoms with van der Waals surface area (Å²) < 4.78 is 25.2. The summed E-state index contributed by atoms with van der Waals surface area (Å²) in [6.45, 7) is 11.4. The molecular formula is C24H49N3O7P+. The number of ether oxygens (including phenoxy) is 2. The van der Waals surface area contributed by atoms with Gasteiger partial charge in [-0.2, -0.15) is 0 Å². The summed E-state index contributed by atoms with van der Waals surface area (Å²) in [5, 5.41) is 0. The van der Waals surface area contributed by atoms with Gasteiger partial charge in [0.2, 0.25) is 0 Å². The van der Waals surface area contributed by atoms with Crippen molar-refractivity contribution in [1.29, 1.82) is 0 Å². The number of hydrogen-bond acceptors (Lipinski definition) is 7. The van der Waals surface area contributed by atoms with Gasteiger partial charge in [0.05, 0.1) is 40.4 Å². The van der Waals surface area contributed by atoms with Crippen LogP contribution in [0.15, 0.2) is 15.8 Å². The van der Waals surface area contributed by atoms with Crippen molar-refractivity contribution in [3.63, 3.8) is 0 Å². The first kappa shape index (κ1) is 33.9. The molecule has 2 rings (SSSR count). The van der Waals surface area contributed by atoms with Crippen LogP contribution in [0.1, 0.15) is 65.2 Å². The summed E-state index contributed by atoms with van der Waals surface area (Å²) in [4.78, 5) is 35.5. The van der Waals surface area contributed by atoms with Crippen molar-refractivity contribution in [2.45, 2.75) is 85.3 Å². The molecule has 4 unspecified atom stereocenters. The molecule has 1 aliphatic heterocycles. The maximum atomic E-state index is 13.1. The van der Waals surface area contributed by atoms with Gasteiger partial charge < -0.3 is 27.9 Å². The van der Waals surface area contributed by atoms with Crippen LogP contribution >= 0.6 is 8.60 Å². The van der Waals surface area contributed by atoms with E-state index in [9.17, 15) is 14.5 Å². The molecular weight excluding hydrogens is 473 g/mol. The minimum Gasteiger partial charge on any atom is -0.382 e. The van der Waals surface area contributed by atoms with Crippen LogP contribution in [0.5, 0.6) is 0 Å². The van der Waals surface area contributed by atoms with E-state index in [4.69, 9.17) is 18.5 Å². The minimum absolute atomic E-state index is 0.244. The summed E-state index contributed by atoms with van der Waals surface area (Å²) >= 11 is 0. The van der Waals surface area contributed by atoms with Crippen molar-refractivity contribution < 1.29 is 27.9 Å². The Balaban J connectivity index is 0.00000274. The third-order valence-corrected chi connectivity index (χ3v) is 6.04. The normalized spacial score (nSPS) is 20.5. The Hall–Kier alpha value is -1.13. The Morgan fingerprint density at radius 3 is 2.29 bits per heavy atom. The van der Waals surface area contributed by atoms with Crippen LogP contribution in [-0.4, -0.2) is 79.2 Å². The highest BCUT2D eigenvalue weighted by atomic mass is 31.2. The SMILES string of the molecule is CC.CC.COCC1OC(n2cc(C)c(=O)n(CCCCC[N+](C)(C)C)c2=O)CC1OP(O)OC. The topological polar surface area (TPSA) is 101 Å². The van der Waals surface area contributed by atoms with Crippen LogP contribution in [0.3, 0.4) is 0 Å². The number of quaternary nitrogens is 1. The zero-order valence-corrected chi connectivity index (χ0v) is 24.3. The summed E-state index contributed by atoms with van der Waals surface area (Å²) in [6, 6.07) is 0. The van der Waals surface area contributed by atoms with Crippen LogP contribution in [0.4, 0.5) is 0 Å². The van der Waals surface area contributed by atoms with E-state index in [1.54, 1.807) is 14.0 Å². The molecule has 0 aliphatic carbocycles. The van der Waals surface area contributed by atoms with Gasteiger partial charge in [0.25, 0.3) is 5.56 Å². The second kappa shape index (κ2) is 17.3. The fraction of sp³-hybridized carbons (Fsp3) is 0.833. The zero-order chi connectivity index (χ0) is 27.2. The van der Waals surface area contributed by atoms with Gasteiger partial charge in [-0.05, 0) is 26.2 Å². The van der Waals surface area contributed by atoms with Crippen LogP contribution in [0, 0.1) is 6.92 Å². The van der Waals surface area contributed by atoms with E-state index in [0.717, 1.165) is 30.3 Å². The molecule has 1 aromatic rings. The Bertz CT molecular complexity index is 823. The van der Waals surface area contributed by atoms with Gasteiger partial charge in [0, 0.05) is 38.9 Å². The smallest absolute Gasteiger partial charge is 0.333 e. The van der Waals surface area contributed by atoms with Crippen LogP contribution in [-0.2, 0) is 25.1 Å². The lowest BCUT2D eigenvalue weighted by Crippen LogP contribution is -2.42. The van der Waals surface area contributed by atoms with E-state index in [0.29, 0.717) is 18.5 Å². The van der Waals surface area contributed by atoms with Gasteiger partial charge in [-0.3, -0.25) is 13.9 Å². The van der Waals surface area contributed by atoms with E-state index < -0.39 is 32.7 Å². The molecule has 0 spiro atoms. The standard InChI is InChI=1S/C20H37N3O7P.2C2H6/c1-15-13-22(18-12-16(30-31(26)28-6)17(29-18)14-27-5)20(25)21(19(15)24)10-8-7-9-11-23(2,3)4;2*1-2/h13,16-18,26H,7-12,14H2,1-6H3;2*1-2H3/q+1;;. The lowest BCUT2D eigenvalue weighted by atomic mass is 10.2. The van der Waals surface area contributed by atoms with Gasteiger partial charge in [-0.1, -0.05) is 27.7 Å². The fourth-order valence-electron chi connectivity index (χ4n) is 3.65. The van der Waals surface area contributed by atoms with Crippen molar-refractivity contribution in [1.82, 2.24) is 9.13 Å². The Morgan fingerprint density at radius 2 is 1.74 bits per heavy atom. The van der Waals surface area contributed by atoms with E-state index in [1.165, 1.54) is 22.4 Å². The summed E-state index contributed by atoms with van der Waals surface area (Å²) in [5.41, 5.74) is -0.198. The molecule has 1 saturated heterocycles. The van der Waals surface area contributed by atoms with Crippen LogP contribution in [0.2, 0.25) is 0 Å². The van der Waals surface area contributed by atoms with Gasteiger partial charge in [0.15, 0.2) is 0 Å². The number of aromatic nitrogens is 2. The molecule has 35 heavy (non-hydrogen) atoms. The number of unbranched alkanes of at least 4 members (excludes halogenated alkanes) is 2. The molecule has 11 heteroatoms. The van der Waals surface area contributed by atoms with Gasteiger partial charge >= 0.3 is 14.3 Å². The summed E-state index contributed by atoms with van der Waals surface area (Å²) in [7, 11) is 7.29. The van der Waals surface area contributed by atoms with Crippen molar-refractivity contribution in [3.8, 4) is 0 Å². The lowest BCUT2D eigenvalue weighted by Gasteiger charge is -2.23. The second-order valence-corrected chi connectivity index (χ2v) is 9.97. The molecule has 1 fully saturated rings. The molecule has 2 heterocycles. The molecule has 1 N–H and O–H groups in total. The molecule has 0 amide bonds. The first-order valence-electron chi connectivity index (χ1n) is 12.5. The highest BCUT2D eigenvalue weighted by Gasteiger charge is 2.39. The lowest BCUT2D eigenvalue weighted by molar-refractivity contribution is -0.870. The highest BCUT2D eigenvalue weighted by molar-refractivity contribution is 7.40. The maximum Gasteiger partial charge on any atom is 0.333 e. The monoisotopic (exact) mass is 522 g/mol. The molecule has 0 aromatic carbocycles. The molecule has 10 nitrogen and oxygen atoms in total. The van der Waals surface area contributed by atoms with Gasteiger partial charge in [0.1, 0.15) is 12.3 Å². The van der Waals surface area contributed by atoms with Crippen molar-refractivity contribution in [2.24, 2.45) is 0 Å². The maximum absolute atomic E-state index is 13.1. The van der Waals surface area contributed by atoms with Crippen LogP contribution < -0.4 is 11.2 Å². The van der Waals surface area contributed by atoms with E-state index in [2.05, 4.69) is 21.1 Å². The third-order valence-electron chi connectivity index (χ3n) is 5.28. The third kappa shape index (κ3) is 11.2. The molecule has 206 valence electrons. The van der Waals surface area contributed by atoms with Crippen molar-refractivity contribution >= 4 is 8.60 Å². The predicted octanol–water partition coefficient (Wildman–Crippen LogP) is 3.43. The first-order valence-corrected chi connectivity index (χ1v) is 13.7. The molecule has 0 saturated carbocycles. The van der Waals surface area contributed by atoms with Crippen molar-refractivity contribution in [3.05, 3.63) is 32.6 Å². The van der Waals surface area contributed by atoms with Gasteiger partial charge in [-0.25, -0.2) is 4.79 Å². The highest BCUT2D eigenvalue weighted by Crippen LogP contribution is 2.40. The van der Waals surface area contributed by atoms with E-state index in [-0.39, 0.29) is 12.2 Å². The summed E-state index contributed by atoms with van der Waals surface area (Å²) in [5.74, 6) is 0. The predicted molar refractivity (Wildman–Crippen MR) is 141 cm³/mol.